The van der Waals surface area contributed by atoms with Gasteiger partial charge in [0.05, 0.1) is 6.04 Å². The van der Waals surface area contributed by atoms with Gasteiger partial charge >= 0.3 is 6.03 Å². The van der Waals surface area contributed by atoms with Crippen LogP contribution in [0.2, 0.25) is 0 Å². The van der Waals surface area contributed by atoms with Crippen molar-refractivity contribution in [1.82, 2.24) is 29.5 Å². The van der Waals surface area contributed by atoms with E-state index in [-0.39, 0.29) is 18.1 Å². The third-order valence-corrected chi connectivity index (χ3v) is 7.09. The van der Waals surface area contributed by atoms with Crippen molar-refractivity contribution >= 4 is 11.8 Å². The van der Waals surface area contributed by atoms with Gasteiger partial charge in [0.25, 0.3) is 0 Å². The Morgan fingerprint density at radius 2 is 1.97 bits per heavy atom. The minimum atomic E-state index is -0.143. The number of nitrogens with one attached hydrogen (secondary N) is 1. The second-order valence-corrected chi connectivity index (χ2v) is 8.76. The minimum absolute atomic E-state index is 0.0407. The van der Waals surface area contributed by atoms with E-state index >= 15 is 0 Å². The Morgan fingerprint density at radius 1 is 1.10 bits per heavy atom. The lowest BCUT2D eigenvalue weighted by Crippen LogP contribution is -2.59. The Labute approximate surface area is 175 Å². The number of aromatic nitrogens is 3. The van der Waals surface area contributed by atoms with Gasteiger partial charge in [-0.3, -0.25) is 4.40 Å². The van der Waals surface area contributed by atoms with Crippen LogP contribution in [0.1, 0.15) is 35.6 Å². The Kier molecular flexibility index (Phi) is 4.23. The van der Waals surface area contributed by atoms with Crippen LogP contribution >= 0.6 is 0 Å². The fourth-order valence-corrected chi connectivity index (χ4v) is 5.49. The molecular weight excluding hydrogens is 376 g/mol. The molecule has 7 nitrogen and oxygen atoms in total. The molecule has 30 heavy (non-hydrogen) atoms. The van der Waals surface area contributed by atoms with Gasteiger partial charge in [0.15, 0.2) is 0 Å². The van der Waals surface area contributed by atoms with Crippen LogP contribution < -0.4 is 5.32 Å². The Bertz CT molecular complexity index is 1090. The lowest BCUT2D eigenvalue weighted by molar-refractivity contribution is 0.0715. The van der Waals surface area contributed by atoms with Gasteiger partial charge in [-0.1, -0.05) is 24.3 Å². The molecule has 7 heteroatoms. The van der Waals surface area contributed by atoms with E-state index in [1.807, 2.05) is 21.7 Å². The first kappa shape index (κ1) is 17.9. The normalized spacial score (nSPS) is 27.8. The molecule has 2 aromatic heterocycles. The molecule has 2 amide bonds. The predicted octanol–water partition coefficient (Wildman–Crippen LogP) is 2.48. The van der Waals surface area contributed by atoms with Crippen molar-refractivity contribution in [3.8, 4) is 0 Å². The fraction of sp³-hybridized carbons (Fsp3) is 0.435. The Morgan fingerprint density at radius 3 is 2.80 bits per heavy atom. The number of hydrogen-bond acceptors (Lipinski definition) is 4. The number of amides is 2. The molecule has 1 aromatic carbocycles. The number of imidazole rings is 1. The third kappa shape index (κ3) is 2.96. The molecule has 1 N–H and O–H groups in total. The summed E-state index contributed by atoms with van der Waals surface area (Å²) in [6.07, 6.45) is 10.8. The van der Waals surface area contributed by atoms with Crippen LogP contribution in [-0.2, 0) is 6.42 Å². The minimum Gasteiger partial charge on any atom is -0.334 e. The van der Waals surface area contributed by atoms with E-state index in [0.717, 1.165) is 18.5 Å². The lowest BCUT2D eigenvalue weighted by Gasteiger charge is -2.46. The average molecular weight is 403 g/mol. The molecule has 7 rings (SSSR count). The molecule has 0 spiro atoms. The summed E-state index contributed by atoms with van der Waals surface area (Å²) in [6.45, 7) is 4.03. The van der Waals surface area contributed by atoms with E-state index in [2.05, 4.69) is 50.6 Å². The number of urea groups is 1. The molecule has 154 valence electrons. The number of carbonyl (C=O) groups excluding carboxylic acids is 1. The quantitative estimate of drug-likeness (QED) is 0.715. The second-order valence-electron chi connectivity index (χ2n) is 8.76. The number of nitrogens with zero attached hydrogens (tertiary/aromatic N) is 5. The first-order chi connectivity index (χ1) is 14.8. The summed E-state index contributed by atoms with van der Waals surface area (Å²) in [7, 11) is 0. The Hall–Kier alpha value is -2.93. The smallest absolute Gasteiger partial charge is 0.318 e. The van der Waals surface area contributed by atoms with Gasteiger partial charge in [-0.25, -0.2) is 14.8 Å². The van der Waals surface area contributed by atoms with Crippen LogP contribution in [0.3, 0.4) is 0 Å². The summed E-state index contributed by atoms with van der Waals surface area (Å²) < 4.78 is 1.93. The van der Waals surface area contributed by atoms with E-state index in [1.165, 1.54) is 37.1 Å². The highest BCUT2D eigenvalue weighted by Gasteiger charge is 2.38. The molecule has 0 aliphatic carbocycles. The molecule has 4 aliphatic rings. The summed E-state index contributed by atoms with van der Waals surface area (Å²) in [6, 6.07) is 8.61. The van der Waals surface area contributed by atoms with Crippen molar-refractivity contribution < 1.29 is 4.79 Å². The van der Waals surface area contributed by atoms with Crippen molar-refractivity contribution in [1.29, 1.82) is 0 Å². The van der Waals surface area contributed by atoms with Crippen molar-refractivity contribution in [3.63, 3.8) is 0 Å². The third-order valence-electron chi connectivity index (χ3n) is 7.09. The van der Waals surface area contributed by atoms with Crippen molar-refractivity contribution in [2.45, 2.75) is 31.3 Å². The highest BCUT2D eigenvalue weighted by molar-refractivity contribution is 5.76. The van der Waals surface area contributed by atoms with Gasteiger partial charge in [-0.15, -0.1) is 0 Å². The van der Waals surface area contributed by atoms with E-state index in [4.69, 9.17) is 0 Å². The maximum absolute atomic E-state index is 13.5. The van der Waals surface area contributed by atoms with E-state index < -0.39 is 0 Å². The molecule has 2 atom stereocenters. The van der Waals surface area contributed by atoms with Gasteiger partial charge in [-0.2, -0.15) is 0 Å². The number of hydrogen-bond donors (Lipinski definition) is 1. The molecule has 3 saturated heterocycles. The molecule has 3 fully saturated rings. The summed E-state index contributed by atoms with van der Waals surface area (Å²) in [5.74, 6) is 1.28. The maximum atomic E-state index is 13.5. The molecule has 0 radical (unpaired) electrons. The number of fused-ring (bicyclic) bond motifs is 5. The van der Waals surface area contributed by atoms with E-state index in [9.17, 15) is 4.79 Å². The standard InChI is InChI=1S/C23H26N6O/c30-23(26-20-15-27-9-5-17(20)6-10-27)29-11-7-16-3-1-2-4-19(16)21(29)18-13-25-22-24-8-12-28(22)14-18/h1-4,8,12-14,17,20-21H,5-7,9-11,15H2,(H,26,30)/t20-,21-/m1/s1. The van der Waals surface area contributed by atoms with Crippen LogP contribution in [0.5, 0.6) is 0 Å². The molecule has 0 unspecified atom stereocenters. The van der Waals surface area contributed by atoms with Gasteiger partial charge in [0.1, 0.15) is 0 Å². The molecule has 3 aromatic rings. The second kappa shape index (κ2) is 7.09. The van der Waals surface area contributed by atoms with Crippen molar-refractivity contribution in [2.75, 3.05) is 26.2 Å². The SMILES string of the molecule is O=C(N[C@@H]1CN2CCC1CC2)N1CCc2ccccc2[C@H]1c1cnc2nccn2c1. The lowest BCUT2D eigenvalue weighted by atomic mass is 9.84. The fourth-order valence-electron chi connectivity index (χ4n) is 5.49. The first-order valence-corrected chi connectivity index (χ1v) is 10.9. The first-order valence-electron chi connectivity index (χ1n) is 10.9. The summed E-state index contributed by atoms with van der Waals surface area (Å²) in [5, 5.41) is 3.39. The molecule has 4 aliphatic heterocycles. The van der Waals surface area contributed by atoms with Crippen LogP contribution in [0.4, 0.5) is 4.79 Å². The molecule has 6 heterocycles. The highest BCUT2D eigenvalue weighted by atomic mass is 16.2. The van der Waals surface area contributed by atoms with Gasteiger partial charge in [-0.05, 0) is 49.4 Å². The highest BCUT2D eigenvalue weighted by Crippen LogP contribution is 2.35. The number of piperidine rings is 3. The summed E-state index contributed by atoms with van der Waals surface area (Å²) in [5.41, 5.74) is 3.51. The van der Waals surface area contributed by atoms with Crippen molar-refractivity contribution in [2.24, 2.45) is 5.92 Å². The largest absolute Gasteiger partial charge is 0.334 e. The zero-order valence-corrected chi connectivity index (χ0v) is 16.9. The number of rotatable bonds is 2. The van der Waals surface area contributed by atoms with Crippen LogP contribution in [0.15, 0.2) is 49.1 Å². The Balaban J connectivity index is 1.34. The van der Waals surface area contributed by atoms with Gasteiger partial charge in [0.2, 0.25) is 5.78 Å². The predicted molar refractivity (Wildman–Crippen MR) is 113 cm³/mol. The summed E-state index contributed by atoms with van der Waals surface area (Å²) in [4.78, 5) is 26.8. The average Bonchev–Trinajstić information content (AvgIpc) is 3.27. The molecule has 0 saturated carbocycles. The van der Waals surface area contributed by atoms with Crippen LogP contribution in [-0.4, -0.2) is 62.4 Å². The molecular formula is C23H26N6O. The van der Waals surface area contributed by atoms with Crippen LogP contribution in [0.25, 0.3) is 5.78 Å². The van der Waals surface area contributed by atoms with E-state index in [0.29, 0.717) is 18.2 Å². The van der Waals surface area contributed by atoms with Gasteiger partial charge in [0, 0.05) is 49.5 Å². The van der Waals surface area contributed by atoms with Gasteiger partial charge < -0.3 is 15.1 Å². The monoisotopic (exact) mass is 402 g/mol. The zero-order chi connectivity index (χ0) is 20.1. The number of benzene rings is 1. The van der Waals surface area contributed by atoms with Crippen molar-refractivity contribution in [3.05, 3.63) is 65.7 Å². The topological polar surface area (TPSA) is 65.8 Å². The zero-order valence-electron chi connectivity index (χ0n) is 16.9. The number of carbonyl (C=O) groups is 1. The van der Waals surface area contributed by atoms with Crippen LogP contribution in [0, 0.1) is 5.92 Å². The van der Waals surface area contributed by atoms with E-state index in [1.54, 1.807) is 6.20 Å². The molecule has 2 bridgehead atoms. The maximum Gasteiger partial charge on any atom is 0.318 e. The summed E-state index contributed by atoms with van der Waals surface area (Å²) >= 11 is 0.